The van der Waals surface area contributed by atoms with Crippen LogP contribution in [0.3, 0.4) is 0 Å². The summed E-state index contributed by atoms with van der Waals surface area (Å²) in [4.78, 5) is 14.6. The molecular weight excluding hydrogens is 236 g/mol. The average Bonchev–Trinajstić information content (AvgIpc) is 2.75. The molecule has 0 aliphatic carbocycles. The van der Waals surface area contributed by atoms with E-state index in [2.05, 4.69) is 11.4 Å². The van der Waals surface area contributed by atoms with E-state index in [0.717, 1.165) is 4.88 Å². The van der Waals surface area contributed by atoms with Crippen LogP contribution in [0.5, 0.6) is 0 Å². The van der Waals surface area contributed by atoms with Gasteiger partial charge in [-0.3, -0.25) is 15.1 Å². The first-order chi connectivity index (χ1) is 7.96. The number of amides is 1. The fourth-order valence-electron chi connectivity index (χ4n) is 1.78. The predicted molar refractivity (Wildman–Crippen MR) is 64.6 cm³/mol. The van der Waals surface area contributed by atoms with Gasteiger partial charge in [0.1, 0.15) is 10.9 Å². The third-order valence-electron chi connectivity index (χ3n) is 2.87. The molecule has 2 heterocycles. The molecule has 17 heavy (non-hydrogen) atoms. The summed E-state index contributed by atoms with van der Waals surface area (Å²) in [6.07, 6.45) is 0.289. The zero-order valence-electron chi connectivity index (χ0n) is 9.57. The van der Waals surface area contributed by atoms with E-state index in [1.54, 1.807) is 13.1 Å². The van der Waals surface area contributed by atoms with Crippen molar-refractivity contribution < 1.29 is 4.79 Å². The number of hydrogen-bond acceptors (Lipinski definition) is 4. The molecule has 0 saturated carbocycles. The molecular formula is C11H12N4OS. The van der Waals surface area contributed by atoms with E-state index in [-0.39, 0.29) is 18.3 Å². The number of nitrogens with one attached hydrogen (secondary N) is 2. The summed E-state index contributed by atoms with van der Waals surface area (Å²) in [6.45, 7) is 1.87. The Balaban J connectivity index is 2.34. The highest BCUT2D eigenvalue weighted by molar-refractivity contribution is 7.12. The van der Waals surface area contributed by atoms with Crippen LogP contribution in [0.2, 0.25) is 0 Å². The zero-order valence-corrected chi connectivity index (χ0v) is 10.4. The van der Waals surface area contributed by atoms with Gasteiger partial charge in [-0.25, -0.2) is 0 Å². The van der Waals surface area contributed by atoms with E-state index in [1.165, 1.54) is 16.2 Å². The molecule has 0 unspecified atom stereocenters. The van der Waals surface area contributed by atoms with Crippen molar-refractivity contribution in [2.75, 3.05) is 7.05 Å². The summed E-state index contributed by atoms with van der Waals surface area (Å²) in [5, 5.41) is 19.5. The van der Waals surface area contributed by atoms with Crippen LogP contribution in [0.1, 0.15) is 23.1 Å². The number of hydrogen-bond donors (Lipinski definition) is 2. The quantitative estimate of drug-likeness (QED) is 0.784. The Hall–Kier alpha value is -1.87. The topological polar surface area (TPSA) is 80.0 Å². The largest absolute Gasteiger partial charge is 0.345 e. The molecule has 1 amide bonds. The Kier molecular flexibility index (Phi) is 2.63. The van der Waals surface area contributed by atoms with E-state index in [1.807, 2.05) is 13.0 Å². The molecule has 0 bridgehead atoms. The summed E-state index contributed by atoms with van der Waals surface area (Å²) in [5.41, 5.74) is -0.583. The number of carbonyl (C=O) groups excluding carboxylic acids is 1. The van der Waals surface area contributed by atoms with Gasteiger partial charge in [-0.05, 0) is 19.1 Å². The first kappa shape index (κ1) is 11.6. The second-order valence-corrected chi connectivity index (χ2v) is 5.29. The normalized spacial score (nSPS) is 24.4. The number of nitriles is 1. The van der Waals surface area contributed by atoms with E-state index in [0.29, 0.717) is 4.88 Å². The maximum Gasteiger partial charge on any atom is 0.231 e. The Morgan fingerprint density at radius 1 is 1.65 bits per heavy atom. The van der Waals surface area contributed by atoms with Crippen LogP contribution in [-0.4, -0.2) is 23.8 Å². The highest BCUT2D eigenvalue weighted by atomic mass is 32.1. The summed E-state index contributed by atoms with van der Waals surface area (Å²) >= 11 is 1.35. The van der Waals surface area contributed by atoms with Crippen LogP contribution >= 0.6 is 11.3 Å². The second-order valence-electron chi connectivity index (χ2n) is 4.21. The van der Waals surface area contributed by atoms with Crippen molar-refractivity contribution in [3.05, 3.63) is 21.9 Å². The molecule has 1 fully saturated rings. The highest BCUT2D eigenvalue weighted by Gasteiger charge is 2.38. The maximum absolute atomic E-state index is 11.8. The average molecular weight is 248 g/mol. The molecule has 5 nitrogen and oxygen atoms in total. The first-order valence-electron chi connectivity index (χ1n) is 5.10. The molecule has 0 aromatic carbocycles. The minimum atomic E-state index is -0.583. The van der Waals surface area contributed by atoms with Crippen molar-refractivity contribution in [3.8, 4) is 6.07 Å². The Labute approximate surface area is 103 Å². The van der Waals surface area contributed by atoms with Crippen molar-refractivity contribution in [1.29, 1.82) is 10.7 Å². The van der Waals surface area contributed by atoms with Crippen LogP contribution in [0.25, 0.3) is 0 Å². The second kappa shape index (κ2) is 3.86. The zero-order chi connectivity index (χ0) is 12.6. The van der Waals surface area contributed by atoms with Gasteiger partial charge in [0.05, 0.1) is 12.0 Å². The molecule has 0 radical (unpaired) electrons. The van der Waals surface area contributed by atoms with Crippen molar-refractivity contribution in [3.63, 3.8) is 0 Å². The predicted octanol–water partition coefficient (Wildman–Crippen LogP) is 1.22. The van der Waals surface area contributed by atoms with Crippen molar-refractivity contribution in [1.82, 2.24) is 10.2 Å². The van der Waals surface area contributed by atoms with Gasteiger partial charge in [0.25, 0.3) is 0 Å². The minimum Gasteiger partial charge on any atom is -0.345 e. The molecule has 2 N–H and O–H groups in total. The molecule has 0 spiro atoms. The highest BCUT2D eigenvalue weighted by Crippen LogP contribution is 2.33. The van der Waals surface area contributed by atoms with Crippen LogP contribution in [-0.2, 0) is 10.3 Å². The van der Waals surface area contributed by atoms with E-state index >= 15 is 0 Å². The number of nitrogens with zero attached hydrogens (tertiary/aromatic N) is 2. The third kappa shape index (κ3) is 1.89. The monoisotopic (exact) mass is 248 g/mol. The molecule has 1 aromatic rings. The maximum atomic E-state index is 11.8. The first-order valence-corrected chi connectivity index (χ1v) is 5.91. The number of guanidine groups is 1. The summed E-state index contributed by atoms with van der Waals surface area (Å²) in [7, 11) is 1.58. The molecule has 88 valence electrons. The van der Waals surface area contributed by atoms with Crippen molar-refractivity contribution in [2.45, 2.75) is 18.9 Å². The van der Waals surface area contributed by atoms with Crippen LogP contribution in [0.15, 0.2) is 12.1 Å². The molecule has 2 rings (SSSR count). The lowest BCUT2D eigenvalue weighted by molar-refractivity contribution is -0.129. The van der Waals surface area contributed by atoms with E-state index in [9.17, 15) is 4.79 Å². The summed E-state index contributed by atoms with van der Waals surface area (Å²) in [6, 6.07) is 5.65. The van der Waals surface area contributed by atoms with Crippen molar-refractivity contribution in [2.24, 2.45) is 0 Å². The standard InChI is InChI=1S/C11H12N4OS/c1-11(8-4-3-7(6-12)17-8)5-9(16)15(2)10(13)14-11/h3-4H,5H2,1-2H3,(H2,13,14)/t11-/m0/s1. The fraction of sp³-hybridized carbons (Fsp3) is 0.364. The van der Waals surface area contributed by atoms with Gasteiger partial charge in [0.2, 0.25) is 5.91 Å². The van der Waals surface area contributed by atoms with Gasteiger partial charge in [0, 0.05) is 11.9 Å². The molecule has 1 aliphatic heterocycles. The lowest BCUT2D eigenvalue weighted by Crippen LogP contribution is -2.57. The van der Waals surface area contributed by atoms with Crippen LogP contribution in [0, 0.1) is 16.7 Å². The molecule has 1 aromatic heterocycles. The van der Waals surface area contributed by atoms with Crippen LogP contribution in [0.4, 0.5) is 0 Å². The lowest BCUT2D eigenvalue weighted by atomic mass is 9.93. The number of carbonyl (C=O) groups is 1. The number of rotatable bonds is 1. The molecule has 1 aliphatic rings. The fourth-order valence-corrected chi connectivity index (χ4v) is 2.68. The van der Waals surface area contributed by atoms with Crippen molar-refractivity contribution >= 4 is 23.2 Å². The van der Waals surface area contributed by atoms with Gasteiger partial charge in [-0.2, -0.15) is 5.26 Å². The summed E-state index contributed by atoms with van der Waals surface area (Å²) in [5.74, 6) is -0.00110. The van der Waals surface area contributed by atoms with Gasteiger partial charge in [-0.15, -0.1) is 11.3 Å². The summed E-state index contributed by atoms with van der Waals surface area (Å²) < 4.78 is 0. The molecule has 6 heteroatoms. The van der Waals surface area contributed by atoms with Crippen LogP contribution < -0.4 is 5.32 Å². The molecule has 1 saturated heterocycles. The van der Waals surface area contributed by atoms with Gasteiger partial charge in [0.15, 0.2) is 5.96 Å². The number of thiophene rings is 1. The lowest BCUT2D eigenvalue weighted by Gasteiger charge is -2.38. The van der Waals surface area contributed by atoms with E-state index in [4.69, 9.17) is 10.7 Å². The molecule has 1 atom stereocenters. The SMILES string of the molecule is CN1C(=N)N[C@](C)(c2ccc(C#N)s2)CC1=O. The Bertz CT molecular complexity index is 510. The van der Waals surface area contributed by atoms with Gasteiger partial charge < -0.3 is 5.32 Å². The van der Waals surface area contributed by atoms with E-state index < -0.39 is 5.54 Å². The van der Waals surface area contributed by atoms with Gasteiger partial charge in [-0.1, -0.05) is 0 Å². The minimum absolute atomic E-state index is 0.0932. The smallest absolute Gasteiger partial charge is 0.231 e. The third-order valence-corrected chi connectivity index (χ3v) is 4.12. The Morgan fingerprint density at radius 3 is 2.88 bits per heavy atom. The Morgan fingerprint density at radius 2 is 2.35 bits per heavy atom. The van der Waals surface area contributed by atoms with Gasteiger partial charge >= 0.3 is 0 Å².